The second kappa shape index (κ2) is 3.95. The van der Waals surface area contributed by atoms with Gasteiger partial charge in [0.2, 0.25) is 0 Å². The van der Waals surface area contributed by atoms with Crippen molar-refractivity contribution in [3.05, 3.63) is 0 Å². The van der Waals surface area contributed by atoms with Crippen LogP contribution in [0.15, 0.2) is 0 Å². The maximum Gasteiger partial charge on any atom is 1.00 e. The fourth-order valence-electron chi connectivity index (χ4n) is 0. The van der Waals surface area contributed by atoms with Crippen molar-refractivity contribution in [2.24, 2.45) is 0 Å². The van der Waals surface area contributed by atoms with E-state index in [0.717, 1.165) is 0 Å². The summed E-state index contributed by atoms with van der Waals surface area (Å²) >= 11 is 0. The van der Waals surface area contributed by atoms with E-state index in [-0.39, 0.29) is 68.9 Å². The fraction of sp³-hybridized carbons (Fsp3) is 1.00. The first-order valence-corrected chi connectivity index (χ1v) is 2.68. The molecule has 3 nitrogen and oxygen atoms in total. The van der Waals surface area contributed by atoms with Gasteiger partial charge in [-0.3, -0.25) is 0 Å². The molecule has 0 aliphatic heterocycles. The fourth-order valence-corrected chi connectivity index (χ4v) is 0. The monoisotopic (exact) mass is 282 g/mol. The molecule has 0 spiro atoms. The summed E-state index contributed by atoms with van der Waals surface area (Å²) in [6.07, 6.45) is 0. The Balaban J connectivity index is 0. The van der Waals surface area contributed by atoms with Crippen LogP contribution in [0.4, 0.5) is 13.2 Å². The van der Waals surface area contributed by atoms with Gasteiger partial charge < -0.3 is 4.55 Å². The minimum Gasteiger partial charge on any atom is -0.741 e. The van der Waals surface area contributed by atoms with E-state index in [9.17, 15) is 13.2 Å². The predicted molar refractivity (Wildman–Crippen MR) is 15.8 cm³/mol. The molecule has 0 amide bonds. The molecule has 0 heterocycles. The minimum absolute atomic E-state index is 0. The third-order valence-electron chi connectivity index (χ3n) is 0.283. The van der Waals surface area contributed by atoms with Gasteiger partial charge in [-0.25, -0.2) is 8.42 Å². The molecule has 0 aromatic rings. The Labute approximate surface area is 108 Å². The second-order valence-corrected chi connectivity index (χ2v) is 2.27. The average molecular weight is 282 g/mol. The quantitative estimate of drug-likeness (QED) is 0.353. The summed E-state index contributed by atoms with van der Waals surface area (Å²) in [6, 6.07) is 0. The first kappa shape index (κ1) is 13.3. The van der Waals surface area contributed by atoms with Crippen molar-refractivity contribution < 1.29 is 95.0 Å². The molecule has 9 heavy (non-hydrogen) atoms. The SMILES string of the molecule is O=S(=O)([O-])C(F)(F)F.[Cs+]. The molecule has 0 N–H and O–H groups in total. The largest absolute Gasteiger partial charge is 1.00 e. The van der Waals surface area contributed by atoms with Crippen LogP contribution in [0, 0.1) is 0 Å². The summed E-state index contributed by atoms with van der Waals surface area (Å²) in [5.74, 6) is 0. The Hall–Kier alpha value is 1.75. The molecular formula is CCsF3O3S. The van der Waals surface area contributed by atoms with Gasteiger partial charge in [-0.15, -0.1) is 0 Å². The van der Waals surface area contributed by atoms with Crippen LogP contribution >= 0.6 is 0 Å². The predicted octanol–water partition coefficient (Wildman–Crippen LogP) is -2.94. The summed E-state index contributed by atoms with van der Waals surface area (Å²) in [5, 5.41) is 0. The van der Waals surface area contributed by atoms with E-state index in [4.69, 9.17) is 13.0 Å². The van der Waals surface area contributed by atoms with Crippen molar-refractivity contribution in [3.8, 4) is 0 Å². The first-order chi connectivity index (χ1) is 3.25. The zero-order valence-electron chi connectivity index (χ0n) is 4.27. The van der Waals surface area contributed by atoms with Gasteiger partial charge in [0, 0.05) is 0 Å². The number of hydrogen-bond acceptors (Lipinski definition) is 3. The van der Waals surface area contributed by atoms with Crippen molar-refractivity contribution in [1.29, 1.82) is 0 Å². The van der Waals surface area contributed by atoms with Crippen LogP contribution in [-0.4, -0.2) is 18.5 Å². The van der Waals surface area contributed by atoms with Gasteiger partial charge in [0.1, 0.15) is 0 Å². The Morgan fingerprint density at radius 3 is 1.33 bits per heavy atom. The zero-order chi connectivity index (χ0) is 7.00. The van der Waals surface area contributed by atoms with Gasteiger partial charge in [-0.1, -0.05) is 0 Å². The van der Waals surface area contributed by atoms with Crippen molar-refractivity contribution in [3.63, 3.8) is 0 Å². The topological polar surface area (TPSA) is 57.2 Å². The van der Waals surface area contributed by atoms with Crippen molar-refractivity contribution in [1.82, 2.24) is 0 Å². The normalized spacial score (nSPS) is 12.4. The van der Waals surface area contributed by atoms with E-state index in [1.807, 2.05) is 0 Å². The van der Waals surface area contributed by atoms with Gasteiger partial charge in [0.25, 0.3) is 0 Å². The molecule has 0 atom stereocenters. The van der Waals surface area contributed by atoms with Crippen molar-refractivity contribution in [2.45, 2.75) is 5.51 Å². The number of halogens is 3. The van der Waals surface area contributed by atoms with E-state index in [2.05, 4.69) is 0 Å². The molecule has 0 bridgehead atoms. The standard InChI is InChI=1S/CHF3O3S.Cs/c2-1(3,4)8(5,6)7;/h(H,5,6,7);/q;+1/p-1. The summed E-state index contributed by atoms with van der Waals surface area (Å²) < 4.78 is 58.9. The van der Waals surface area contributed by atoms with Crippen LogP contribution in [0.25, 0.3) is 0 Å². The average Bonchev–Trinajstić information content (AvgIpc) is 1.25. The van der Waals surface area contributed by atoms with Gasteiger partial charge in [0.05, 0.1) is 0 Å². The van der Waals surface area contributed by atoms with Crippen LogP contribution in [0.1, 0.15) is 0 Å². The molecule has 0 radical (unpaired) electrons. The smallest absolute Gasteiger partial charge is 0.741 e. The summed E-state index contributed by atoms with van der Waals surface area (Å²) in [6.45, 7) is 0. The molecule has 50 valence electrons. The van der Waals surface area contributed by atoms with Crippen LogP contribution in [0.5, 0.6) is 0 Å². The minimum atomic E-state index is -6.09. The van der Waals surface area contributed by atoms with Gasteiger partial charge >= 0.3 is 74.4 Å². The molecule has 0 rings (SSSR count). The molecule has 0 aromatic carbocycles. The molecule has 0 saturated carbocycles. The third-order valence-corrected chi connectivity index (χ3v) is 0.850. The Morgan fingerprint density at radius 1 is 1.22 bits per heavy atom. The first-order valence-electron chi connectivity index (χ1n) is 1.27. The van der Waals surface area contributed by atoms with E-state index in [1.54, 1.807) is 0 Å². The van der Waals surface area contributed by atoms with Crippen LogP contribution in [-0.2, 0) is 10.1 Å². The second-order valence-electron chi connectivity index (χ2n) is 0.900. The van der Waals surface area contributed by atoms with Crippen LogP contribution in [0.2, 0.25) is 0 Å². The van der Waals surface area contributed by atoms with E-state index < -0.39 is 15.6 Å². The summed E-state index contributed by atoms with van der Waals surface area (Å²) in [4.78, 5) is 0. The summed E-state index contributed by atoms with van der Waals surface area (Å²) in [5.41, 5.74) is -5.65. The summed E-state index contributed by atoms with van der Waals surface area (Å²) in [7, 11) is -6.09. The molecule has 0 aromatic heterocycles. The molecule has 8 heteroatoms. The Morgan fingerprint density at radius 2 is 1.33 bits per heavy atom. The van der Waals surface area contributed by atoms with Gasteiger partial charge in [0.15, 0.2) is 10.1 Å². The molecule has 0 saturated heterocycles. The maximum atomic E-state index is 10.7. The molecular weight excluding hydrogens is 282 g/mol. The number of rotatable bonds is 0. The van der Waals surface area contributed by atoms with Crippen LogP contribution in [0.3, 0.4) is 0 Å². The number of hydrogen-bond donors (Lipinski definition) is 0. The van der Waals surface area contributed by atoms with E-state index in [1.165, 1.54) is 0 Å². The maximum absolute atomic E-state index is 10.7. The van der Waals surface area contributed by atoms with Gasteiger partial charge in [-0.2, -0.15) is 13.2 Å². The zero-order valence-corrected chi connectivity index (χ0v) is 11.4. The van der Waals surface area contributed by atoms with E-state index >= 15 is 0 Å². The molecule has 0 fully saturated rings. The Kier molecular flexibility index (Phi) is 5.86. The van der Waals surface area contributed by atoms with E-state index in [0.29, 0.717) is 0 Å². The molecule has 0 aliphatic rings. The number of alkyl halides is 3. The Bertz CT molecular complexity index is 168. The molecule has 0 unspecified atom stereocenters. The van der Waals surface area contributed by atoms with Crippen molar-refractivity contribution >= 4 is 10.1 Å². The van der Waals surface area contributed by atoms with Crippen LogP contribution < -0.4 is 68.9 Å². The third kappa shape index (κ3) is 5.07. The van der Waals surface area contributed by atoms with Gasteiger partial charge in [-0.05, 0) is 0 Å². The van der Waals surface area contributed by atoms with Crippen molar-refractivity contribution in [2.75, 3.05) is 0 Å². The molecule has 0 aliphatic carbocycles.